The first kappa shape index (κ1) is 23.1. The zero-order chi connectivity index (χ0) is 20.3. The maximum Gasteiger partial charge on any atom is 0.0655 e. The molecule has 3 aliphatic rings. The Morgan fingerprint density at radius 2 is 1.28 bits per heavy atom. The van der Waals surface area contributed by atoms with Crippen LogP contribution in [0.1, 0.15) is 122 Å². The molecule has 2 nitrogen and oxygen atoms in total. The standard InChI is InChI=1S/C27H47NO/c1-2-3-4-5-6-7-22-12-14-25(15-13-22)26-16-18-27(19-17-26)29-21-24-10-8-23(20-28)9-11-24/h22-27H,2-19,21H2,1H3. The van der Waals surface area contributed by atoms with E-state index in [0.29, 0.717) is 12.0 Å². The van der Waals surface area contributed by atoms with E-state index in [2.05, 4.69) is 13.0 Å². The molecule has 0 aromatic heterocycles. The molecule has 2 heteroatoms. The van der Waals surface area contributed by atoms with Gasteiger partial charge in [-0.25, -0.2) is 0 Å². The second-order valence-corrected chi connectivity index (χ2v) is 10.7. The zero-order valence-corrected chi connectivity index (χ0v) is 19.3. The van der Waals surface area contributed by atoms with Gasteiger partial charge in [-0.3, -0.25) is 0 Å². The molecule has 0 unspecified atom stereocenters. The van der Waals surface area contributed by atoms with Gasteiger partial charge < -0.3 is 4.74 Å². The van der Waals surface area contributed by atoms with Crippen molar-refractivity contribution in [2.45, 2.75) is 129 Å². The Balaban J connectivity index is 1.23. The highest BCUT2D eigenvalue weighted by atomic mass is 16.5. The Morgan fingerprint density at radius 1 is 0.690 bits per heavy atom. The van der Waals surface area contributed by atoms with Gasteiger partial charge in [0.2, 0.25) is 0 Å². The van der Waals surface area contributed by atoms with Crippen LogP contribution in [0.5, 0.6) is 0 Å². The molecule has 3 rings (SSSR count). The van der Waals surface area contributed by atoms with E-state index < -0.39 is 0 Å². The molecule has 3 aliphatic carbocycles. The van der Waals surface area contributed by atoms with Crippen molar-refractivity contribution in [3.63, 3.8) is 0 Å². The van der Waals surface area contributed by atoms with Crippen molar-refractivity contribution in [1.82, 2.24) is 0 Å². The minimum absolute atomic E-state index is 0.317. The SMILES string of the molecule is CCCCCCCC1CCC(C2CCC(OCC3CCC(C#N)CC3)CC2)CC1. The molecule has 3 fully saturated rings. The highest BCUT2D eigenvalue weighted by Gasteiger charge is 2.31. The number of unbranched alkanes of at least 4 members (excludes halogenated alkanes) is 4. The largest absolute Gasteiger partial charge is 0.378 e. The van der Waals surface area contributed by atoms with Crippen molar-refractivity contribution in [3.8, 4) is 6.07 Å². The summed E-state index contributed by atoms with van der Waals surface area (Å²) in [5.41, 5.74) is 0. The molecule has 0 aliphatic heterocycles. The van der Waals surface area contributed by atoms with Crippen LogP contribution in [0.2, 0.25) is 0 Å². The van der Waals surface area contributed by atoms with Crippen LogP contribution < -0.4 is 0 Å². The van der Waals surface area contributed by atoms with Gasteiger partial charge in [0.05, 0.1) is 12.2 Å². The molecule has 0 aromatic rings. The smallest absolute Gasteiger partial charge is 0.0655 e. The number of ether oxygens (including phenoxy) is 1. The minimum Gasteiger partial charge on any atom is -0.378 e. The minimum atomic E-state index is 0.317. The average molecular weight is 402 g/mol. The Kier molecular flexibility index (Phi) is 10.4. The van der Waals surface area contributed by atoms with Crippen LogP contribution in [0.25, 0.3) is 0 Å². The Morgan fingerprint density at radius 3 is 1.90 bits per heavy atom. The maximum absolute atomic E-state index is 9.04. The summed E-state index contributed by atoms with van der Waals surface area (Å²) < 4.78 is 6.33. The first-order valence-corrected chi connectivity index (χ1v) is 13.3. The van der Waals surface area contributed by atoms with E-state index in [1.165, 1.54) is 103 Å². The van der Waals surface area contributed by atoms with Crippen LogP contribution in [0, 0.1) is 40.9 Å². The van der Waals surface area contributed by atoms with Gasteiger partial charge in [-0.2, -0.15) is 5.26 Å². The van der Waals surface area contributed by atoms with Gasteiger partial charge >= 0.3 is 0 Å². The van der Waals surface area contributed by atoms with Gasteiger partial charge in [-0.05, 0) is 87.9 Å². The van der Waals surface area contributed by atoms with E-state index in [1.807, 2.05) is 0 Å². The van der Waals surface area contributed by atoms with Crippen LogP contribution in [0.15, 0.2) is 0 Å². The highest BCUT2D eigenvalue weighted by Crippen LogP contribution is 2.42. The first-order chi connectivity index (χ1) is 14.3. The maximum atomic E-state index is 9.04. The summed E-state index contributed by atoms with van der Waals surface area (Å²) in [6.07, 6.45) is 25.3. The van der Waals surface area contributed by atoms with E-state index in [4.69, 9.17) is 10.00 Å². The van der Waals surface area contributed by atoms with Gasteiger partial charge in [0, 0.05) is 12.5 Å². The van der Waals surface area contributed by atoms with Crippen LogP contribution in [-0.4, -0.2) is 12.7 Å². The molecule has 0 heterocycles. The van der Waals surface area contributed by atoms with E-state index in [0.717, 1.165) is 43.1 Å². The number of nitrogens with zero attached hydrogens (tertiary/aromatic N) is 1. The third-order valence-corrected chi connectivity index (χ3v) is 8.59. The van der Waals surface area contributed by atoms with Crippen molar-refractivity contribution in [2.75, 3.05) is 6.61 Å². The number of hydrogen-bond donors (Lipinski definition) is 0. The second-order valence-electron chi connectivity index (χ2n) is 10.7. The van der Waals surface area contributed by atoms with Crippen molar-refractivity contribution in [2.24, 2.45) is 29.6 Å². The van der Waals surface area contributed by atoms with E-state index >= 15 is 0 Å². The summed E-state index contributed by atoms with van der Waals surface area (Å²) >= 11 is 0. The molecule has 0 bridgehead atoms. The van der Waals surface area contributed by atoms with Gasteiger partial charge in [-0.1, -0.05) is 58.3 Å². The van der Waals surface area contributed by atoms with Gasteiger partial charge in [0.1, 0.15) is 0 Å². The van der Waals surface area contributed by atoms with Crippen LogP contribution in [-0.2, 0) is 4.74 Å². The third kappa shape index (κ3) is 7.90. The highest BCUT2D eigenvalue weighted by molar-refractivity contribution is 4.87. The lowest BCUT2D eigenvalue weighted by molar-refractivity contribution is -0.0159. The topological polar surface area (TPSA) is 33.0 Å². The number of nitriles is 1. The molecule has 0 atom stereocenters. The molecule has 0 amide bonds. The zero-order valence-electron chi connectivity index (χ0n) is 19.3. The quantitative estimate of drug-likeness (QED) is 0.347. The van der Waals surface area contributed by atoms with E-state index in [1.54, 1.807) is 0 Å². The molecule has 0 spiro atoms. The van der Waals surface area contributed by atoms with Crippen molar-refractivity contribution in [1.29, 1.82) is 5.26 Å². The lowest BCUT2D eigenvalue weighted by Crippen LogP contribution is -2.30. The Bertz CT molecular complexity index is 459. The third-order valence-electron chi connectivity index (χ3n) is 8.59. The number of rotatable bonds is 10. The molecule has 0 radical (unpaired) electrons. The van der Waals surface area contributed by atoms with Crippen molar-refractivity contribution >= 4 is 0 Å². The lowest BCUT2D eigenvalue weighted by Gasteiger charge is -2.38. The first-order valence-electron chi connectivity index (χ1n) is 13.3. The Labute approximate surface area is 181 Å². The van der Waals surface area contributed by atoms with E-state index in [-0.39, 0.29) is 0 Å². The summed E-state index contributed by atoms with van der Waals surface area (Å²) in [6.45, 7) is 3.26. The molecule has 3 saturated carbocycles. The molecular formula is C27H47NO. The lowest BCUT2D eigenvalue weighted by atomic mass is 9.70. The molecule has 29 heavy (non-hydrogen) atoms. The molecule has 0 saturated heterocycles. The van der Waals surface area contributed by atoms with E-state index in [9.17, 15) is 0 Å². The predicted molar refractivity (Wildman–Crippen MR) is 122 cm³/mol. The monoisotopic (exact) mass is 401 g/mol. The fraction of sp³-hybridized carbons (Fsp3) is 0.963. The summed E-state index contributed by atoms with van der Waals surface area (Å²) in [4.78, 5) is 0. The average Bonchev–Trinajstić information content (AvgIpc) is 2.79. The summed E-state index contributed by atoms with van der Waals surface area (Å²) in [7, 11) is 0. The van der Waals surface area contributed by atoms with Gasteiger partial charge in [0.25, 0.3) is 0 Å². The normalized spacial score (nSPS) is 35.9. The summed E-state index contributed by atoms with van der Waals surface area (Å²) in [5, 5.41) is 9.04. The van der Waals surface area contributed by atoms with Crippen molar-refractivity contribution < 1.29 is 4.74 Å². The number of hydrogen-bond acceptors (Lipinski definition) is 2. The summed E-state index contributed by atoms with van der Waals surface area (Å²) in [6, 6.07) is 2.44. The fourth-order valence-electron chi connectivity index (χ4n) is 6.44. The molecule has 166 valence electrons. The second kappa shape index (κ2) is 13.0. The fourth-order valence-corrected chi connectivity index (χ4v) is 6.44. The van der Waals surface area contributed by atoms with Crippen LogP contribution in [0.3, 0.4) is 0 Å². The predicted octanol–water partition coefficient (Wildman–Crippen LogP) is 8.06. The van der Waals surface area contributed by atoms with Gasteiger partial charge in [-0.15, -0.1) is 0 Å². The van der Waals surface area contributed by atoms with Crippen LogP contribution >= 0.6 is 0 Å². The molecule has 0 N–H and O–H groups in total. The summed E-state index contributed by atoms with van der Waals surface area (Å²) in [5.74, 6) is 4.09. The molecular weight excluding hydrogens is 354 g/mol. The van der Waals surface area contributed by atoms with Crippen LogP contribution in [0.4, 0.5) is 0 Å². The molecule has 0 aromatic carbocycles. The van der Waals surface area contributed by atoms with Gasteiger partial charge in [0.15, 0.2) is 0 Å². The Hall–Kier alpha value is -0.550. The van der Waals surface area contributed by atoms with Crippen molar-refractivity contribution in [3.05, 3.63) is 0 Å².